The van der Waals surface area contributed by atoms with Crippen LogP contribution in [0.5, 0.6) is 0 Å². The molecule has 12 heavy (non-hydrogen) atoms. The summed E-state index contributed by atoms with van der Waals surface area (Å²) in [7, 11) is 0. The van der Waals surface area contributed by atoms with Crippen LogP contribution in [0.1, 0.15) is 27.7 Å². The van der Waals surface area contributed by atoms with Crippen molar-refractivity contribution in [3.05, 3.63) is 50.6 Å². The van der Waals surface area contributed by atoms with Crippen molar-refractivity contribution in [3.8, 4) is 0 Å². The first-order valence-corrected chi connectivity index (χ1v) is 4.15. The molecule has 0 heteroatoms. The van der Waals surface area contributed by atoms with Crippen LogP contribution in [-0.4, -0.2) is 0 Å². The quantitative estimate of drug-likeness (QED) is 0.391. The predicted molar refractivity (Wildman–Crippen MR) is 63.5 cm³/mol. The van der Waals surface area contributed by atoms with Crippen LogP contribution in [0.3, 0.4) is 0 Å². The topological polar surface area (TPSA) is 0 Å². The highest BCUT2D eigenvalue weighted by Crippen LogP contribution is 1.71. The molecule has 0 radical (unpaired) electrons. The molecule has 0 aromatic rings. The zero-order chi connectivity index (χ0) is 10.8. The maximum Gasteiger partial charge on any atom is -0.0467 e. The number of allylic oxidation sites excluding steroid dienone is 4. The molecule has 0 N–H and O–H groups in total. The summed E-state index contributed by atoms with van der Waals surface area (Å²) in [4.78, 5) is 0. The lowest BCUT2D eigenvalue weighted by Gasteiger charge is -1.62. The van der Waals surface area contributed by atoms with Gasteiger partial charge in [0.2, 0.25) is 0 Å². The van der Waals surface area contributed by atoms with Crippen molar-refractivity contribution in [3.63, 3.8) is 0 Å². The maximum absolute atomic E-state index is 3.00. The Morgan fingerprint density at radius 3 is 0.917 bits per heavy atom. The third kappa shape index (κ3) is 148. The summed E-state index contributed by atoms with van der Waals surface area (Å²) >= 11 is 0. The largest absolute Gasteiger partial charge is 0.106 e. The molecule has 0 rings (SSSR count). The van der Waals surface area contributed by atoms with Gasteiger partial charge in [0.05, 0.1) is 0 Å². The summed E-state index contributed by atoms with van der Waals surface area (Å²) in [5.74, 6) is 0. The Morgan fingerprint density at radius 1 is 0.667 bits per heavy atom. The Morgan fingerprint density at radius 2 is 0.833 bits per heavy atom. The molecule has 0 atom stereocenters. The van der Waals surface area contributed by atoms with E-state index < -0.39 is 0 Å². The Hall–Kier alpha value is -1.04. The zero-order valence-corrected chi connectivity index (χ0v) is 9.14. The Labute approximate surface area is 79.0 Å². The van der Waals surface area contributed by atoms with Crippen LogP contribution in [0, 0.1) is 0 Å². The number of hydrogen-bond acceptors (Lipinski definition) is 0. The highest BCUT2D eigenvalue weighted by molar-refractivity contribution is 4.98. The van der Waals surface area contributed by atoms with Crippen molar-refractivity contribution < 1.29 is 0 Å². The second-order valence-electron chi connectivity index (χ2n) is 1.05. The van der Waals surface area contributed by atoms with Gasteiger partial charge in [0.25, 0.3) is 0 Å². The molecular weight excluding hydrogens is 144 g/mol. The molecule has 72 valence electrons. The molecule has 0 aliphatic carbocycles. The lowest BCUT2D eigenvalue weighted by molar-refractivity contribution is 1.50. The summed E-state index contributed by atoms with van der Waals surface area (Å²) in [5.41, 5.74) is 0. The molecule has 0 aromatic carbocycles. The van der Waals surface area contributed by atoms with Gasteiger partial charge in [-0.15, -0.1) is 26.3 Å². The molecule has 0 nitrogen and oxygen atoms in total. The molecule has 0 spiro atoms. The first kappa shape index (κ1) is 22.4. The van der Waals surface area contributed by atoms with E-state index in [0.29, 0.717) is 0 Å². The summed E-state index contributed by atoms with van der Waals surface area (Å²) in [5, 5.41) is 0. The van der Waals surface area contributed by atoms with Crippen molar-refractivity contribution in [2.75, 3.05) is 0 Å². The fraction of sp³-hybridized carbons (Fsp3) is 0.333. The average Bonchev–Trinajstić information content (AvgIpc) is 2.24. The van der Waals surface area contributed by atoms with E-state index in [1.807, 2.05) is 52.0 Å². The molecule has 0 unspecified atom stereocenters. The molecule has 0 aliphatic heterocycles. The van der Waals surface area contributed by atoms with E-state index in [9.17, 15) is 0 Å². The SMILES string of the molecule is C/C=C\C=C/C.C=C.C=C.CC. The van der Waals surface area contributed by atoms with Gasteiger partial charge in [0, 0.05) is 0 Å². The molecular formula is C12H24. The van der Waals surface area contributed by atoms with E-state index in [-0.39, 0.29) is 0 Å². The smallest absolute Gasteiger partial charge is 0.0467 e. The Kier molecular flexibility index (Phi) is 171. The van der Waals surface area contributed by atoms with Crippen LogP contribution in [0.25, 0.3) is 0 Å². The monoisotopic (exact) mass is 168 g/mol. The third-order valence-corrected chi connectivity index (χ3v) is 0.496. The first-order valence-electron chi connectivity index (χ1n) is 4.15. The van der Waals surface area contributed by atoms with E-state index in [4.69, 9.17) is 0 Å². The van der Waals surface area contributed by atoms with Crippen LogP contribution >= 0.6 is 0 Å². The van der Waals surface area contributed by atoms with Gasteiger partial charge in [-0.2, -0.15) is 0 Å². The van der Waals surface area contributed by atoms with Crippen LogP contribution in [-0.2, 0) is 0 Å². The zero-order valence-electron chi connectivity index (χ0n) is 9.14. The number of hydrogen-bond donors (Lipinski definition) is 0. The van der Waals surface area contributed by atoms with Gasteiger partial charge in [-0.3, -0.25) is 0 Å². The number of rotatable bonds is 1. The van der Waals surface area contributed by atoms with E-state index in [1.54, 1.807) is 0 Å². The predicted octanol–water partition coefficient (Wildman–Crippen LogP) is 4.77. The van der Waals surface area contributed by atoms with Crippen LogP contribution in [0.2, 0.25) is 0 Å². The molecule has 0 saturated heterocycles. The van der Waals surface area contributed by atoms with Gasteiger partial charge in [0.1, 0.15) is 0 Å². The second kappa shape index (κ2) is 91.3. The second-order valence-corrected chi connectivity index (χ2v) is 1.05. The third-order valence-electron chi connectivity index (χ3n) is 0.496. The molecule has 0 aromatic heterocycles. The highest BCUT2D eigenvalue weighted by Gasteiger charge is 1.48. The first-order chi connectivity index (χ1) is 5.91. The van der Waals surface area contributed by atoms with Crippen molar-refractivity contribution in [2.45, 2.75) is 27.7 Å². The summed E-state index contributed by atoms with van der Waals surface area (Å²) < 4.78 is 0. The average molecular weight is 168 g/mol. The van der Waals surface area contributed by atoms with Crippen LogP contribution in [0.4, 0.5) is 0 Å². The van der Waals surface area contributed by atoms with Gasteiger partial charge >= 0.3 is 0 Å². The van der Waals surface area contributed by atoms with Crippen molar-refractivity contribution in [2.24, 2.45) is 0 Å². The molecule has 0 aliphatic rings. The standard InChI is InChI=1S/C6H10.C2H6.2C2H4/c1-3-5-6-4-2;3*1-2/h3-6H,1-2H3;1-2H3;2*1-2H2/b5-3-,6-4-;;;. The fourth-order valence-electron chi connectivity index (χ4n) is 0.222. The van der Waals surface area contributed by atoms with Gasteiger partial charge in [-0.25, -0.2) is 0 Å². The van der Waals surface area contributed by atoms with Crippen LogP contribution < -0.4 is 0 Å². The summed E-state index contributed by atoms with van der Waals surface area (Å²) in [6.07, 6.45) is 8.00. The van der Waals surface area contributed by atoms with Gasteiger partial charge < -0.3 is 0 Å². The van der Waals surface area contributed by atoms with Gasteiger partial charge in [-0.05, 0) is 13.8 Å². The molecule has 0 amide bonds. The van der Waals surface area contributed by atoms with Crippen LogP contribution in [0.15, 0.2) is 50.6 Å². The van der Waals surface area contributed by atoms with Gasteiger partial charge in [-0.1, -0.05) is 38.2 Å². The fourth-order valence-corrected chi connectivity index (χ4v) is 0.222. The maximum atomic E-state index is 3.00. The Balaban J connectivity index is -0.0000000453. The lowest BCUT2D eigenvalue weighted by Crippen LogP contribution is -1.40. The van der Waals surface area contributed by atoms with E-state index >= 15 is 0 Å². The van der Waals surface area contributed by atoms with E-state index in [0.717, 1.165) is 0 Å². The minimum atomic E-state index is 2.00. The molecule has 0 bridgehead atoms. The lowest BCUT2D eigenvalue weighted by atomic mass is 10.5. The van der Waals surface area contributed by atoms with Crippen molar-refractivity contribution >= 4 is 0 Å². The highest BCUT2D eigenvalue weighted by atomic mass is 13.6. The van der Waals surface area contributed by atoms with Crippen molar-refractivity contribution in [1.82, 2.24) is 0 Å². The summed E-state index contributed by atoms with van der Waals surface area (Å²) in [6, 6.07) is 0. The van der Waals surface area contributed by atoms with E-state index in [1.165, 1.54) is 0 Å². The normalized spacial score (nSPS) is 7.00. The molecule has 0 saturated carbocycles. The summed E-state index contributed by atoms with van der Waals surface area (Å²) in [6.45, 7) is 20.0. The molecule has 0 fully saturated rings. The van der Waals surface area contributed by atoms with Crippen molar-refractivity contribution in [1.29, 1.82) is 0 Å². The Bertz CT molecular complexity index is 66.0. The van der Waals surface area contributed by atoms with Gasteiger partial charge in [0.15, 0.2) is 0 Å². The minimum absolute atomic E-state index is 2.00. The molecule has 0 heterocycles. The van der Waals surface area contributed by atoms with E-state index in [2.05, 4.69) is 26.3 Å². The minimum Gasteiger partial charge on any atom is -0.106 e.